The van der Waals surface area contributed by atoms with E-state index in [-0.39, 0.29) is 11.5 Å². The third-order valence-corrected chi connectivity index (χ3v) is 5.15. The predicted octanol–water partition coefficient (Wildman–Crippen LogP) is 4.06. The second kappa shape index (κ2) is 7.17. The zero-order valence-corrected chi connectivity index (χ0v) is 14.7. The summed E-state index contributed by atoms with van der Waals surface area (Å²) in [5.74, 6) is 0.522. The maximum Gasteiger partial charge on any atom is 0.349 e. The van der Waals surface area contributed by atoms with Gasteiger partial charge < -0.3 is 4.42 Å². The molecule has 1 fully saturated rings. The molecule has 3 aromatic rings. The first-order valence-electron chi connectivity index (χ1n) is 8.34. The van der Waals surface area contributed by atoms with Crippen LogP contribution in [-0.4, -0.2) is 28.3 Å². The van der Waals surface area contributed by atoms with E-state index in [1.807, 2.05) is 42.5 Å². The summed E-state index contributed by atoms with van der Waals surface area (Å²) >= 11 is 1.52. The van der Waals surface area contributed by atoms with Gasteiger partial charge in [-0.1, -0.05) is 48.2 Å². The Morgan fingerprint density at radius 2 is 1.85 bits per heavy atom. The van der Waals surface area contributed by atoms with Crippen LogP contribution in [-0.2, 0) is 0 Å². The Kier molecular flexibility index (Phi) is 4.58. The molecule has 2 aromatic carbocycles. The van der Waals surface area contributed by atoms with E-state index in [0.29, 0.717) is 17.3 Å². The summed E-state index contributed by atoms with van der Waals surface area (Å²) in [6.07, 6.45) is 0.850. The topological polar surface area (TPSA) is 62.9 Å². The molecule has 1 aliphatic rings. The molecule has 5 nitrogen and oxygen atoms in total. The van der Waals surface area contributed by atoms with Crippen LogP contribution in [0.5, 0.6) is 0 Å². The van der Waals surface area contributed by atoms with Gasteiger partial charge >= 0.3 is 5.63 Å². The van der Waals surface area contributed by atoms with E-state index in [1.165, 1.54) is 11.8 Å². The number of rotatable bonds is 2. The summed E-state index contributed by atoms with van der Waals surface area (Å²) in [6.45, 7) is 0.532. The fourth-order valence-corrected chi connectivity index (χ4v) is 3.77. The highest BCUT2D eigenvalue weighted by atomic mass is 32.2. The second-order valence-electron chi connectivity index (χ2n) is 5.87. The average Bonchev–Trinajstić information content (AvgIpc) is 2.68. The standard InChI is InChI=1S/C20H16N2O3S/c23-18(16-13-14-7-4-5-10-17(14)25-19(16)24)22-11-6-12-26-20(22)21-15-8-2-1-3-9-15/h1-5,7-10,13H,6,11-12H2. The van der Waals surface area contributed by atoms with Gasteiger partial charge in [0, 0.05) is 17.7 Å². The number of hydrogen-bond donors (Lipinski definition) is 0. The van der Waals surface area contributed by atoms with Gasteiger partial charge in [-0.15, -0.1) is 0 Å². The molecule has 0 bridgehead atoms. The number of fused-ring (bicyclic) bond motifs is 1. The minimum Gasteiger partial charge on any atom is -0.422 e. The van der Waals surface area contributed by atoms with Gasteiger partial charge in [0.1, 0.15) is 11.1 Å². The molecule has 6 heteroatoms. The molecule has 1 saturated heterocycles. The molecular weight excluding hydrogens is 348 g/mol. The molecule has 26 heavy (non-hydrogen) atoms. The van der Waals surface area contributed by atoms with Crippen molar-refractivity contribution < 1.29 is 9.21 Å². The number of amidine groups is 1. The Morgan fingerprint density at radius 1 is 1.08 bits per heavy atom. The first-order chi connectivity index (χ1) is 12.7. The lowest BCUT2D eigenvalue weighted by atomic mass is 10.1. The zero-order valence-electron chi connectivity index (χ0n) is 13.9. The summed E-state index contributed by atoms with van der Waals surface area (Å²) in [7, 11) is 0. The van der Waals surface area contributed by atoms with Gasteiger partial charge in [-0.3, -0.25) is 9.69 Å². The fourth-order valence-electron chi connectivity index (χ4n) is 2.81. The van der Waals surface area contributed by atoms with Gasteiger partial charge in [0.25, 0.3) is 5.91 Å². The van der Waals surface area contributed by atoms with Crippen LogP contribution < -0.4 is 5.63 Å². The highest BCUT2D eigenvalue weighted by Gasteiger charge is 2.27. The second-order valence-corrected chi connectivity index (χ2v) is 6.94. The van der Waals surface area contributed by atoms with E-state index in [9.17, 15) is 9.59 Å². The maximum atomic E-state index is 13.0. The molecule has 0 saturated carbocycles. The van der Waals surface area contributed by atoms with Crippen molar-refractivity contribution in [2.24, 2.45) is 4.99 Å². The number of para-hydroxylation sites is 2. The number of thioether (sulfide) groups is 1. The van der Waals surface area contributed by atoms with Crippen molar-refractivity contribution in [3.63, 3.8) is 0 Å². The highest BCUT2D eigenvalue weighted by molar-refractivity contribution is 8.13. The molecule has 130 valence electrons. The van der Waals surface area contributed by atoms with Crippen LogP contribution in [0.3, 0.4) is 0 Å². The van der Waals surface area contributed by atoms with E-state index < -0.39 is 5.63 Å². The normalized spacial score (nSPS) is 16.2. The molecule has 2 heterocycles. The lowest BCUT2D eigenvalue weighted by molar-refractivity contribution is 0.0845. The van der Waals surface area contributed by atoms with Crippen LogP contribution in [0.1, 0.15) is 16.8 Å². The molecular formula is C20H16N2O3S. The van der Waals surface area contributed by atoms with Gasteiger partial charge in [-0.2, -0.15) is 0 Å². The average molecular weight is 364 g/mol. The Labute approximate surface area is 154 Å². The number of aliphatic imine (C=N–C) groups is 1. The highest BCUT2D eigenvalue weighted by Crippen LogP contribution is 2.24. The molecule has 0 unspecified atom stereocenters. The Hall–Kier alpha value is -2.86. The van der Waals surface area contributed by atoms with Gasteiger partial charge in [0.15, 0.2) is 5.17 Å². The summed E-state index contributed by atoms with van der Waals surface area (Å²) < 4.78 is 5.31. The molecule has 4 rings (SSSR count). The van der Waals surface area contributed by atoms with E-state index in [0.717, 1.165) is 23.2 Å². The lowest BCUT2D eigenvalue weighted by Gasteiger charge is -2.27. The first kappa shape index (κ1) is 16.6. The van der Waals surface area contributed by atoms with Crippen molar-refractivity contribution in [2.75, 3.05) is 12.3 Å². The van der Waals surface area contributed by atoms with Gasteiger partial charge in [-0.25, -0.2) is 9.79 Å². The number of amides is 1. The Balaban J connectivity index is 1.73. The van der Waals surface area contributed by atoms with Crippen molar-refractivity contribution in [1.29, 1.82) is 0 Å². The van der Waals surface area contributed by atoms with Crippen LogP contribution in [0.25, 0.3) is 11.0 Å². The SMILES string of the molecule is O=C(c1cc2ccccc2oc1=O)N1CCCSC1=Nc1ccccc1. The van der Waals surface area contributed by atoms with Gasteiger partial charge in [-0.05, 0) is 30.7 Å². The number of carbonyl (C=O) groups excluding carboxylic acids is 1. The van der Waals surface area contributed by atoms with Crippen molar-refractivity contribution in [3.8, 4) is 0 Å². The number of carbonyl (C=O) groups is 1. The molecule has 0 N–H and O–H groups in total. The minimum atomic E-state index is -0.622. The third kappa shape index (κ3) is 3.28. The quantitative estimate of drug-likeness (QED) is 0.643. The number of benzene rings is 2. The monoisotopic (exact) mass is 364 g/mol. The van der Waals surface area contributed by atoms with E-state index >= 15 is 0 Å². The first-order valence-corrected chi connectivity index (χ1v) is 9.32. The lowest BCUT2D eigenvalue weighted by Crippen LogP contribution is -2.41. The third-order valence-electron chi connectivity index (χ3n) is 4.09. The summed E-state index contributed by atoms with van der Waals surface area (Å²) in [6, 6.07) is 18.2. The van der Waals surface area contributed by atoms with Crippen LogP contribution in [0.15, 0.2) is 74.9 Å². The van der Waals surface area contributed by atoms with E-state index in [2.05, 4.69) is 4.99 Å². The molecule has 0 aliphatic carbocycles. The summed E-state index contributed by atoms with van der Waals surface area (Å²) in [4.78, 5) is 31.5. The van der Waals surface area contributed by atoms with Crippen LogP contribution in [0.4, 0.5) is 5.69 Å². The minimum absolute atomic E-state index is 0.0342. The molecule has 1 aliphatic heterocycles. The Bertz CT molecular complexity index is 1040. The number of nitrogens with zero attached hydrogens (tertiary/aromatic N) is 2. The number of hydrogen-bond acceptors (Lipinski definition) is 5. The van der Waals surface area contributed by atoms with Crippen molar-refractivity contribution >= 4 is 39.5 Å². The molecule has 1 amide bonds. The zero-order chi connectivity index (χ0) is 17.9. The van der Waals surface area contributed by atoms with Crippen LogP contribution in [0, 0.1) is 0 Å². The molecule has 0 radical (unpaired) electrons. The predicted molar refractivity (Wildman–Crippen MR) is 104 cm³/mol. The van der Waals surface area contributed by atoms with E-state index in [1.54, 1.807) is 23.1 Å². The smallest absolute Gasteiger partial charge is 0.349 e. The largest absolute Gasteiger partial charge is 0.422 e. The van der Waals surface area contributed by atoms with Crippen LogP contribution in [0.2, 0.25) is 0 Å². The van der Waals surface area contributed by atoms with Crippen LogP contribution >= 0.6 is 11.8 Å². The molecule has 0 spiro atoms. The van der Waals surface area contributed by atoms with Gasteiger partial charge in [0.05, 0.1) is 5.69 Å². The van der Waals surface area contributed by atoms with Crippen molar-refractivity contribution in [3.05, 3.63) is 76.6 Å². The van der Waals surface area contributed by atoms with Gasteiger partial charge in [0.2, 0.25) is 0 Å². The van der Waals surface area contributed by atoms with Crippen molar-refractivity contribution in [2.45, 2.75) is 6.42 Å². The fraction of sp³-hybridized carbons (Fsp3) is 0.150. The molecule has 0 atom stereocenters. The Morgan fingerprint density at radius 3 is 2.69 bits per heavy atom. The maximum absolute atomic E-state index is 13.0. The van der Waals surface area contributed by atoms with E-state index in [4.69, 9.17) is 4.42 Å². The summed E-state index contributed by atoms with van der Waals surface area (Å²) in [5, 5.41) is 1.33. The summed E-state index contributed by atoms with van der Waals surface area (Å²) in [5.41, 5.74) is 0.663. The molecule has 1 aromatic heterocycles. The van der Waals surface area contributed by atoms with Crippen molar-refractivity contribution in [1.82, 2.24) is 4.90 Å².